The Bertz CT molecular complexity index is 403. The highest BCUT2D eigenvalue weighted by Gasteiger charge is 2.63. The largest absolute Gasteiger partial charge is 0.461 e. The zero-order valence-corrected chi connectivity index (χ0v) is 9.23. The van der Waals surface area contributed by atoms with Crippen LogP contribution < -0.4 is 0 Å². The minimum Gasteiger partial charge on any atom is -0.286 e. The Morgan fingerprint density at radius 2 is 1.81 bits per heavy atom. The third-order valence-electron chi connectivity index (χ3n) is 1.72. The highest BCUT2D eigenvalue weighted by Crippen LogP contribution is 2.40. The van der Waals surface area contributed by atoms with Crippen LogP contribution in [0.3, 0.4) is 0 Å². The predicted molar refractivity (Wildman–Crippen MR) is 49.4 cm³/mol. The predicted octanol–water partition coefficient (Wildman–Crippen LogP) is 4.09. The fraction of sp³-hybridized carbons (Fsp3) is 0.375. The monoisotopic (exact) mass is 278 g/mol. The van der Waals surface area contributed by atoms with Crippen molar-refractivity contribution in [3.05, 3.63) is 20.8 Å². The van der Waals surface area contributed by atoms with E-state index in [1.165, 1.54) is 6.92 Å². The molecule has 1 heterocycles. The fourth-order valence-corrected chi connectivity index (χ4v) is 2.03. The number of carbonyl (C=O) groups excluding carboxylic acids is 1. The molecule has 0 N–H and O–H groups in total. The quantitative estimate of drug-likeness (QED) is 0.588. The summed E-state index contributed by atoms with van der Waals surface area (Å²) in [4.78, 5) is 10.3. The minimum absolute atomic E-state index is 0.0151. The number of halogens is 6. The van der Waals surface area contributed by atoms with Gasteiger partial charge in [-0.1, -0.05) is 11.6 Å². The van der Waals surface area contributed by atoms with E-state index >= 15 is 0 Å². The van der Waals surface area contributed by atoms with E-state index in [-0.39, 0.29) is 9.90 Å². The maximum atomic E-state index is 12.6. The van der Waals surface area contributed by atoms with Crippen molar-refractivity contribution in [3.63, 3.8) is 0 Å². The van der Waals surface area contributed by atoms with Gasteiger partial charge in [0.1, 0.15) is 0 Å². The normalized spacial score (nSPS) is 12.9. The number of hydrogen-bond donors (Lipinski definition) is 0. The summed E-state index contributed by atoms with van der Waals surface area (Å²) >= 11 is 5.88. The molecule has 0 unspecified atom stereocenters. The Labute approximate surface area is 95.8 Å². The van der Waals surface area contributed by atoms with Crippen LogP contribution >= 0.6 is 22.9 Å². The molecule has 0 aliphatic heterocycles. The lowest BCUT2D eigenvalue weighted by atomic mass is 10.1. The van der Waals surface area contributed by atoms with Crippen LogP contribution in [0.4, 0.5) is 22.0 Å². The number of alkyl halides is 5. The molecular weight excluding hydrogens is 275 g/mol. The summed E-state index contributed by atoms with van der Waals surface area (Å²) in [5, 5.41) is 0. The van der Waals surface area contributed by atoms with Crippen molar-refractivity contribution in [1.29, 1.82) is 0 Å². The van der Waals surface area contributed by atoms with Gasteiger partial charge in [-0.05, 0) is 18.6 Å². The molecule has 0 amide bonds. The molecule has 1 rings (SSSR count). The van der Waals surface area contributed by atoms with Gasteiger partial charge in [-0.25, -0.2) is 0 Å². The summed E-state index contributed by atoms with van der Waals surface area (Å²) in [7, 11) is 0. The summed E-state index contributed by atoms with van der Waals surface area (Å²) < 4.78 is 60.9. The summed E-state index contributed by atoms with van der Waals surface area (Å²) in [6, 6.07) is 0.912. The van der Waals surface area contributed by atoms with E-state index in [1.54, 1.807) is 0 Å². The molecule has 0 radical (unpaired) electrons. The lowest BCUT2D eigenvalue weighted by molar-refractivity contribution is -0.255. The first kappa shape index (κ1) is 13.4. The van der Waals surface area contributed by atoms with Crippen molar-refractivity contribution in [2.75, 3.05) is 0 Å². The van der Waals surface area contributed by atoms with Gasteiger partial charge >= 0.3 is 12.1 Å². The molecular formula is C8H4ClF5OS. The van der Waals surface area contributed by atoms with Crippen molar-refractivity contribution >= 4 is 28.7 Å². The number of rotatable bonds is 2. The standard InChI is InChI=1S/C8H4ClF5OS/c1-3-2-4(16-6(3)9)5(15)7(10,11)8(12,13)14/h2H,1H3. The Morgan fingerprint density at radius 3 is 2.12 bits per heavy atom. The van der Waals surface area contributed by atoms with E-state index in [1.807, 2.05) is 0 Å². The third kappa shape index (κ3) is 2.20. The van der Waals surface area contributed by atoms with Crippen LogP contribution in [0, 0.1) is 6.92 Å². The molecule has 90 valence electrons. The van der Waals surface area contributed by atoms with Crippen molar-refractivity contribution in [3.8, 4) is 0 Å². The van der Waals surface area contributed by atoms with Crippen LogP contribution in [0.2, 0.25) is 4.34 Å². The van der Waals surface area contributed by atoms with Gasteiger partial charge in [0.15, 0.2) is 0 Å². The highest BCUT2D eigenvalue weighted by atomic mass is 35.5. The Kier molecular flexibility index (Phi) is 3.31. The average Bonchev–Trinajstić information content (AvgIpc) is 2.43. The number of ketones is 1. The zero-order valence-electron chi connectivity index (χ0n) is 7.66. The number of thiophene rings is 1. The van der Waals surface area contributed by atoms with E-state index in [4.69, 9.17) is 11.6 Å². The Morgan fingerprint density at radius 1 is 1.31 bits per heavy atom. The van der Waals surface area contributed by atoms with E-state index in [2.05, 4.69) is 0 Å². The maximum Gasteiger partial charge on any atom is 0.461 e. The molecule has 0 bridgehead atoms. The first-order chi connectivity index (χ1) is 7.07. The van der Waals surface area contributed by atoms with Crippen LogP contribution in [0.25, 0.3) is 0 Å². The molecule has 0 saturated carbocycles. The van der Waals surface area contributed by atoms with E-state index < -0.39 is 22.8 Å². The Balaban J connectivity index is 3.12. The van der Waals surface area contributed by atoms with Crippen LogP contribution in [0.1, 0.15) is 15.2 Å². The third-order valence-corrected chi connectivity index (χ3v) is 3.28. The molecule has 0 aromatic carbocycles. The van der Waals surface area contributed by atoms with Gasteiger partial charge in [0.25, 0.3) is 5.78 Å². The molecule has 1 aromatic heterocycles. The van der Waals surface area contributed by atoms with Gasteiger partial charge in [-0.3, -0.25) is 4.79 Å². The van der Waals surface area contributed by atoms with E-state index in [0.717, 1.165) is 6.07 Å². The van der Waals surface area contributed by atoms with Gasteiger partial charge < -0.3 is 0 Å². The van der Waals surface area contributed by atoms with Crippen molar-refractivity contribution < 1.29 is 26.7 Å². The van der Waals surface area contributed by atoms with Crippen LogP contribution in [0.5, 0.6) is 0 Å². The van der Waals surface area contributed by atoms with Gasteiger partial charge in [0.05, 0.1) is 9.21 Å². The molecule has 0 atom stereocenters. The smallest absolute Gasteiger partial charge is 0.286 e. The van der Waals surface area contributed by atoms with Gasteiger partial charge in [-0.2, -0.15) is 22.0 Å². The molecule has 0 spiro atoms. The minimum atomic E-state index is -5.89. The molecule has 0 aliphatic carbocycles. The molecule has 16 heavy (non-hydrogen) atoms. The number of Topliss-reactive ketones (excluding diaryl/α,β-unsaturated/α-hetero) is 1. The molecule has 0 fully saturated rings. The topological polar surface area (TPSA) is 17.1 Å². The average molecular weight is 279 g/mol. The first-order valence-electron chi connectivity index (χ1n) is 3.82. The second-order valence-electron chi connectivity index (χ2n) is 2.97. The summed E-state index contributed by atoms with van der Waals surface area (Å²) in [5.74, 6) is -7.66. The molecule has 1 nitrogen and oxygen atoms in total. The van der Waals surface area contributed by atoms with Gasteiger partial charge in [0.2, 0.25) is 0 Å². The highest BCUT2D eigenvalue weighted by molar-refractivity contribution is 7.18. The van der Waals surface area contributed by atoms with E-state index in [9.17, 15) is 26.7 Å². The SMILES string of the molecule is Cc1cc(C(=O)C(F)(F)C(F)(F)F)sc1Cl. The van der Waals surface area contributed by atoms with Gasteiger partial charge in [0, 0.05) is 0 Å². The molecule has 0 saturated heterocycles. The molecule has 8 heteroatoms. The lowest BCUT2D eigenvalue weighted by Gasteiger charge is -2.16. The summed E-state index contributed by atoms with van der Waals surface area (Å²) in [6.07, 6.45) is -5.89. The number of carbonyl (C=O) groups is 1. The van der Waals surface area contributed by atoms with Gasteiger partial charge in [-0.15, -0.1) is 11.3 Å². The van der Waals surface area contributed by atoms with Crippen LogP contribution in [-0.4, -0.2) is 17.9 Å². The Hall–Kier alpha value is -0.690. The van der Waals surface area contributed by atoms with Crippen molar-refractivity contribution in [2.45, 2.75) is 19.0 Å². The first-order valence-corrected chi connectivity index (χ1v) is 5.02. The maximum absolute atomic E-state index is 12.6. The summed E-state index contributed by atoms with van der Waals surface area (Å²) in [5.41, 5.74) is 0.285. The second-order valence-corrected chi connectivity index (χ2v) is 4.62. The van der Waals surface area contributed by atoms with Crippen LogP contribution in [-0.2, 0) is 0 Å². The lowest BCUT2D eigenvalue weighted by Crippen LogP contribution is -2.43. The number of aryl methyl sites for hydroxylation is 1. The zero-order chi connectivity index (χ0) is 12.7. The number of hydrogen-bond acceptors (Lipinski definition) is 2. The van der Waals surface area contributed by atoms with Crippen LogP contribution in [0.15, 0.2) is 6.07 Å². The van der Waals surface area contributed by atoms with E-state index in [0.29, 0.717) is 11.3 Å². The van der Waals surface area contributed by atoms with Crippen molar-refractivity contribution in [1.82, 2.24) is 0 Å². The fourth-order valence-electron chi connectivity index (χ4n) is 0.855. The van der Waals surface area contributed by atoms with Crippen molar-refractivity contribution in [2.24, 2.45) is 0 Å². The second kappa shape index (κ2) is 3.96. The summed E-state index contributed by atoms with van der Waals surface area (Å²) in [6.45, 7) is 1.40. The molecule has 1 aromatic rings. The molecule has 0 aliphatic rings.